The minimum atomic E-state index is -0.0714. The van der Waals surface area contributed by atoms with Gasteiger partial charge in [-0.2, -0.15) is 0 Å². The Labute approximate surface area is 119 Å². The van der Waals surface area contributed by atoms with E-state index < -0.39 is 0 Å². The standard InChI is InChI=1S/C14H14INO2/c15-9-1-2-12-11(7-9)10-3-5-16-14(13(10)18-12)4-6-17-8-14/h1-2,7,16H,3-6,8H2. The van der Waals surface area contributed by atoms with Crippen molar-refractivity contribution in [1.82, 2.24) is 5.32 Å². The molecule has 1 fully saturated rings. The summed E-state index contributed by atoms with van der Waals surface area (Å²) in [6.07, 6.45) is 2.06. The lowest BCUT2D eigenvalue weighted by molar-refractivity contribution is 0.153. The lowest BCUT2D eigenvalue weighted by Gasteiger charge is -2.31. The third kappa shape index (κ3) is 1.49. The smallest absolute Gasteiger partial charge is 0.134 e. The maximum atomic E-state index is 6.14. The van der Waals surface area contributed by atoms with Gasteiger partial charge in [0.2, 0.25) is 0 Å². The summed E-state index contributed by atoms with van der Waals surface area (Å²) in [4.78, 5) is 0. The molecule has 1 atom stereocenters. The van der Waals surface area contributed by atoms with Crippen molar-refractivity contribution in [1.29, 1.82) is 0 Å². The molecule has 94 valence electrons. The monoisotopic (exact) mass is 355 g/mol. The second-order valence-corrected chi connectivity index (χ2v) is 6.36. The summed E-state index contributed by atoms with van der Waals surface area (Å²) in [6, 6.07) is 6.41. The Hall–Kier alpha value is -0.590. The number of hydrogen-bond donors (Lipinski definition) is 1. The summed E-state index contributed by atoms with van der Waals surface area (Å²) >= 11 is 2.36. The zero-order chi connectivity index (χ0) is 12.2. The van der Waals surface area contributed by atoms with Gasteiger partial charge in [0, 0.05) is 27.7 Å². The molecular formula is C14H14INO2. The average Bonchev–Trinajstić information content (AvgIpc) is 2.96. The van der Waals surface area contributed by atoms with Crippen LogP contribution in [0.1, 0.15) is 17.7 Å². The highest BCUT2D eigenvalue weighted by molar-refractivity contribution is 14.1. The molecule has 3 nitrogen and oxygen atoms in total. The van der Waals surface area contributed by atoms with Gasteiger partial charge >= 0.3 is 0 Å². The molecule has 18 heavy (non-hydrogen) atoms. The number of fused-ring (bicyclic) bond motifs is 4. The highest BCUT2D eigenvalue weighted by Crippen LogP contribution is 2.40. The maximum Gasteiger partial charge on any atom is 0.134 e. The van der Waals surface area contributed by atoms with E-state index in [0.717, 1.165) is 43.9 Å². The van der Waals surface area contributed by atoms with E-state index >= 15 is 0 Å². The summed E-state index contributed by atoms with van der Waals surface area (Å²) in [5, 5.41) is 4.89. The van der Waals surface area contributed by atoms with Crippen LogP contribution in [-0.4, -0.2) is 19.8 Å². The molecule has 0 radical (unpaired) electrons. The van der Waals surface area contributed by atoms with Crippen molar-refractivity contribution in [2.75, 3.05) is 19.8 Å². The first kappa shape index (κ1) is 11.3. The Morgan fingerprint density at radius 3 is 3.11 bits per heavy atom. The van der Waals surface area contributed by atoms with Gasteiger partial charge in [-0.25, -0.2) is 0 Å². The molecule has 2 aromatic rings. The third-order valence-electron chi connectivity index (χ3n) is 4.05. The van der Waals surface area contributed by atoms with Gasteiger partial charge in [0.15, 0.2) is 0 Å². The van der Waals surface area contributed by atoms with Crippen molar-refractivity contribution in [3.8, 4) is 0 Å². The second-order valence-electron chi connectivity index (χ2n) is 5.11. The fraction of sp³-hybridized carbons (Fsp3) is 0.429. The van der Waals surface area contributed by atoms with Crippen LogP contribution in [0.4, 0.5) is 0 Å². The number of halogens is 1. The topological polar surface area (TPSA) is 34.4 Å². The molecule has 4 heteroatoms. The highest BCUT2D eigenvalue weighted by Gasteiger charge is 2.43. The van der Waals surface area contributed by atoms with Gasteiger partial charge in [-0.1, -0.05) is 0 Å². The van der Waals surface area contributed by atoms with E-state index in [9.17, 15) is 0 Å². The van der Waals surface area contributed by atoms with E-state index in [2.05, 4.69) is 46.1 Å². The quantitative estimate of drug-likeness (QED) is 0.738. The second kappa shape index (κ2) is 3.95. The minimum Gasteiger partial charge on any atom is -0.459 e. The van der Waals surface area contributed by atoms with Gasteiger partial charge < -0.3 is 14.5 Å². The first-order valence-corrected chi connectivity index (χ1v) is 7.41. The van der Waals surface area contributed by atoms with E-state index in [-0.39, 0.29) is 5.54 Å². The molecule has 1 spiro atoms. The van der Waals surface area contributed by atoms with Gasteiger partial charge in [-0.3, -0.25) is 0 Å². The fourth-order valence-electron chi connectivity index (χ4n) is 3.15. The van der Waals surface area contributed by atoms with Crippen LogP contribution >= 0.6 is 22.6 Å². The summed E-state index contributed by atoms with van der Waals surface area (Å²) < 4.78 is 13.0. The van der Waals surface area contributed by atoms with Crippen LogP contribution in [-0.2, 0) is 16.7 Å². The summed E-state index contributed by atoms with van der Waals surface area (Å²) in [5.74, 6) is 1.11. The third-order valence-corrected chi connectivity index (χ3v) is 4.72. The van der Waals surface area contributed by atoms with E-state index in [1.54, 1.807) is 0 Å². The van der Waals surface area contributed by atoms with Crippen LogP contribution in [0.2, 0.25) is 0 Å². The molecule has 1 unspecified atom stereocenters. The number of furan rings is 1. The van der Waals surface area contributed by atoms with Crippen molar-refractivity contribution >= 4 is 33.6 Å². The summed E-state index contributed by atoms with van der Waals surface area (Å²) in [6.45, 7) is 2.56. The lowest BCUT2D eigenvalue weighted by Crippen LogP contribution is -2.47. The normalized spacial score (nSPS) is 26.9. The lowest BCUT2D eigenvalue weighted by atomic mass is 9.87. The predicted molar refractivity (Wildman–Crippen MR) is 77.8 cm³/mol. The molecule has 0 aliphatic carbocycles. The van der Waals surface area contributed by atoms with E-state index in [4.69, 9.17) is 9.15 Å². The maximum absolute atomic E-state index is 6.14. The number of ether oxygens (including phenoxy) is 1. The Morgan fingerprint density at radius 2 is 2.28 bits per heavy atom. The van der Waals surface area contributed by atoms with Crippen LogP contribution in [0, 0.1) is 3.57 Å². The Balaban J connectivity index is 1.98. The van der Waals surface area contributed by atoms with Crippen molar-refractivity contribution in [3.63, 3.8) is 0 Å². The largest absolute Gasteiger partial charge is 0.459 e. The molecular weight excluding hydrogens is 341 g/mol. The Bertz CT molecular complexity index is 614. The molecule has 0 bridgehead atoms. The molecule has 1 aromatic carbocycles. The number of rotatable bonds is 0. The van der Waals surface area contributed by atoms with Crippen LogP contribution in [0.3, 0.4) is 0 Å². The molecule has 1 saturated heterocycles. The molecule has 2 aliphatic rings. The Morgan fingerprint density at radius 1 is 1.33 bits per heavy atom. The zero-order valence-electron chi connectivity index (χ0n) is 9.96. The molecule has 0 amide bonds. The molecule has 1 aromatic heterocycles. The van der Waals surface area contributed by atoms with Gasteiger partial charge in [-0.05, 0) is 53.6 Å². The van der Waals surface area contributed by atoms with Gasteiger partial charge in [0.05, 0.1) is 6.61 Å². The molecule has 3 heterocycles. The minimum absolute atomic E-state index is 0.0714. The molecule has 2 aliphatic heterocycles. The van der Waals surface area contributed by atoms with Gasteiger partial charge in [0.1, 0.15) is 16.9 Å². The highest BCUT2D eigenvalue weighted by atomic mass is 127. The van der Waals surface area contributed by atoms with Gasteiger partial charge in [-0.15, -0.1) is 0 Å². The average molecular weight is 355 g/mol. The number of nitrogens with one attached hydrogen (secondary N) is 1. The van der Waals surface area contributed by atoms with Crippen molar-refractivity contribution in [2.45, 2.75) is 18.4 Å². The first-order chi connectivity index (χ1) is 8.78. The fourth-order valence-corrected chi connectivity index (χ4v) is 3.64. The van der Waals surface area contributed by atoms with E-state index in [1.165, 1.54) is 14.5 Å². The molecule has 0 saturated carbocycles. The first-order valence-electron chi connectivity index (χ1n) is 6.33. The van der Waals surface area contributed by atoms with E-state index in [0.29, 0.717) is 0 Å². The van der Waals surface area contributed by atoms with Crippen LogP contribution in [0.5, 0.6) is 0 Å². The summed E-state index contributed by atoms with van der Waals surface area (Å²) in [5.41, 5.74) is 2.32. The van der Waals surface area contributed by atoms with Crippen molar-refractivity contribution in [2.24, 2.45) is 0 Å². The van der Waals surface area contributed by atoms with Gasteiger partial charge in [0.25, 0.3) is 0 Å². The SMILES string of the molecule is Ic1ccc2oc3c(c2c1)CCNC31CCOC1. The molecule has 1 N–H and O–H groups in total. The van der Waals surface area contributed by atoms with E-state index in [1.807, 2.05) is 0 Å². The number of hydrogen-bond acceptors (Lipinski definition) is 3. The summed E-state index contributed by atoms with van der Waals surface area (Å²) in [7, 11) is 0. The van der Waals surface area contributed by atoms with Crippen molar-refractivity contribution < 1.29 is 9.15 Å². The Kier molecular flexibility index (Phi) is 2.47. The van der Waals surface area contributed by atoms with Crippen LogP contribution in [0.25, 0.3) is 11.0 Å². The number of benzene rings is 1. The van der Waals surface area contributed by atoms with Crippen LogP contribution in [0.15, 0.2) is 22.6 Å². The van der Waals surface area contributed by atoms with Crippen LogP contribution < -0.4 is 5.32 Å². The molecule has 4 rings (SSSR count). The van der Waals surface area contributed by atoms with Crippen molar-refractivity contribution in [3.05, 3.63) is 33.1 Å². The zero-order valence-corrected chi connectivity index (χ0v) is 12.1. The predicted octanol–water partition coefficient (Wildman–Crippen LogP) is 2.80.